The normalized spacial score (nSPS) is 11.7. The summed E-state index contributed by atoms with van der Waals surface area (Å²) >= 11 is 0. The maximum atomic E-state index is 12.8. The van der Waals surface area contributed by atoms with E-state index < -0.39 is 11.9 Å². The summed E-state index contributed by atoms with van der Waals surface area (Å²) in [5, 5.41) is 0. The van der Waals surface area contributed by atoms with E-state index in [1.165, 1.54) is 10.5 Å². The minimum absolute atomic E-state index is 0.183. The fourth-order valence-corrected chi connectivity index (χ4v) is 2.41. The van der Waals surface area contributed by atoms with Gasteiger partial charge in [0.25, 0.3) is 0 Å². The number of fused-ring (bicyclic) bond motifs is 1. The third-order valence-corrected chi connectivity index (χ3v) is 3.66. The molecule has 0 aliphatic carbocycles. The molecule has 5 nitrogen and oxygen atoms in total. The van der Waals surface area contributed by atoms with Crippen molar-refractivity contribution in [2.45, 2.75) is 6.18 Å². The Hall–Kier alpha value is -3.42. The van der Waals surface area contributed by atoms with Crippen LogP contribution in [0.4, 0.5) is 13.2 Å². The fraction of sp³-hybridized carbons (Fsp3) is 0.0556. The molecule has 130 valence electrons. The van der Waals surface area contributed by atoms with Gasteiger partial charge in [-0.2, -0.15) is 13.2 Å². The number of nitrogens with zero attached hydrogens (tertiary/aromatic N) is 4. The second-order valence-corrected chi connectivity index (χ2v) is 5.48. The van der Waals surface area contributed by atoms with E-state index in [9.17, 15) is 13.2 Å². The number of halogens is 3. The predicted octanol–water partition coefficient (Wildman–Crippen LogP) is 4.60. The Morgan fingerprint density at radius 2 is 1.58 bits per heavy atom. The third kappa shape index (κ3) is 3.21. The molecular formula is C18H11F3N4O. The Bertz CT molecular complexity index is 1040. The van der Waals surface area contributed by atoms with Gasteiger partial charge in [0.1, 0.15) is 11.4 Å². The Morgan fingerprint density at radius 3 is 2.27 bits per heavy atom. The molecule has 0 bridgehead atoms. The van der Waals surface area contributed by atoms with E-state index in [4.69, 9.17) is 4.74 Å². The number of hydrogen-bond donors (Lipinski definition) is 0. The summed E-state index contributed by atoms with van der Waals surface area (Å²) in [4.78, 5) is 11.8. The number of rotatable bonds is 3. The molecule has 4 rings (SSSR count). The number of aromatic nitrogens is 4. The lowest BCUT2D eigenvalue weighted by atomic mass is 10.1. The molecule has 0 radical (unpaired) electrons. The molecule has 4 aromatic rings. The Balaban J connectivity index is 1.61. The average molecular weight is 356 g/mol. The summed E-state index contributed by atoms with van der Waals surface area (Å²) in [5.74, 6) is 0.611. The van der Waals surface area contributed by atoms with Crippen LogP contribution in [0, 0.1) is 0 Å². The second kappa shape index (κ2) is 6.14. The fourth-order valence-electron chi connectivity index (χ4n) is 2.41. The lowest BCUT2D eigenvalue weighted by Crippen LogP contribution is -2.04. The number of para-hydroxylation sites is 1. The van der Waals surface area contributed by atoms with Crippen LogP contribution >= 0.6 is 0 Å². The molecule has 0 aliphatic heterocycles. The van der Waals surface area contributed by atoms with Crippen LogP contribution in [0.25, 0.3) is 16.8 Å². The van der Waals surface area contributed by atoms with E-state index in [0.717, 1.165) is 6.20 Å². The molecule has 0 saturated carbocycles. The van der Waals surface area contributed by atoms with Crippen molar-refractivity contribution in [2.24, 2.45) is 0 Å². The quantitative estimate of drug-likeness (QED) is 0.538. The molecule has 0 amide bonds. The number of hydrogen-bond acceptors (Lipinski definition) is 4. The van der Waals surface area contributed by atoms with Crippen molar-refractivity contribution in [3.05, 3.63) is 72.9 Å². The van der Waals surface area contributed by atoms with Crippen LogP contribution in [-0.4, -0.2) is 19.4 Å². The average Bonchev–Trinajstić information content (AvgIpc) is 3.07. The number of benzene rings is 1. The molecule has 1 aromatic carbocycles. The van der Waals surface area contributed by atoms with Crippen LogP contribution in [0.15, 0.2) is 67.3 Å². The molecule has 0 saturated heterocycles. The van der Waals surface area contributed by atoms with Gasteiger partial charge >= 0.3 is 12.2 Å². The maximum absolute atomic E-state index is 12.8. The topological polar surface area (TPSA) is 52.3 Å². The summed E-state index contributed by atoms with van der Waals surface area (Å²) in [6, 6.07) is 12.5. The standard InChI is InChI=1S/C18H11F3N4O/c19-18(20,21)15-11-25-10-12(6-7-16(25)24-15)13-8-22-17(23-9-13)26-14-4-2-1-3-5-14/h1-11H. The number of pyridine rings is 1. The number of imidazole rings is 1. The van der Waals surface area contributed by atoms with Crippen LogP contribution in [0.3, 0.4) is 0 Å². The van der Waals surface area contributed by atoms with Crippen molar-refractivity contribution in [1.82, 2.24) is 19.4 Å². The van der Waals surface area contributed by atoms with Gasteiger partial charge in [0.2, 0.25) is 0 Å². The first-order chi connectivity index (χ1) is 12.5. The Labute approximate surface area is 145 Å². The van der Waals surface area contributed by atoms with E-state index in [1.807, 2.05) is 18.2 Å². The van der Waals surface area contributed by atoms with Gasteiger partial charge in [0, 0.05) is 35.9 Å². The summed E-state index contributed by atoms with van der Waals surface area (Å²) < 4.78 is 45.1. The minimum atomic E-state index is -4.48. The van der Waals surface area contributed by atoms with Crippen LogP contribution < -0.4 is 4.74 Å². The van der Waals surface area contributed by atoms with Gasteiger partial charge in [-0.05, 0) is 24.3 Å². The highest BCUT2D eigenvalue weighted by Gasteiger charge is 2.33. The van der Waals surface area contributed by atoms with Crippen LogP contribution in [0.5, 0.6) is 11.8 Å². The Kier molecular flexibility index (Phi) is 3.80. The van der Waals surface area contributed by atoms with Crippen molar-refractivity contribution >= 4 is 5.65 Å². The third-order valence-electron chi connectivity index (χ3n) is 3.66. The summed E-state index contributed by atoms with van der Waals surface area (Å²) in [7, 11) is 0. The van der Waals surface area contributed by atoms with Crippen molar-refractivity contribution in [3.63, 3.8) is 0 Å². The van der Waals surface area contributed by atoms with Crippen molar-refractivity contribution in [3.8, 4) is 22.9 Å². The highest BCUT2D eigenvalue weighted by atomic mass is 19.4. The van der Waals surface area contributed by atoms with Gasteiger partial charge in [0.05, 0.1) is 0 Å². The summed E-state index contributed by atoms with van der Waals surface area (Å²) in [6.07, 6.45) is 1.12. The molecule has 0 fully saturated rings. The molecule has 0 N–H and O–H groups in total. The van der Waals surface area contributed by atoms with Crippen molar-refractivity contribution in [2.75, 3.05) is 0 Å². The SMILES string of the molecule is FC(F)(F)c1cn2cc(-c3cnc(Oc4ccccc4)nc3)ccc2n1. The molecule has 3 aromatic heterocycles. The smallest absolute Gasteiger partial charge is 0.424 e. The zero-order chi connectivity index (χ0) is 18.1. The van der Waals surface area contributed by atoms with Crippen LogP contribution in [0.1, 0.15) is 5.69 Å². The van der Waals surface area contributed by atoms with Gasteiger partial charge < -0.3 is 9.14 Å². The van der Waals surface area contributed by atoms with Gasteiger partial charge in [-0.3, -0.25) is 0 Å². The van der Waals surface area contributed by atoms with E-state index in [1.54, 1.807) is 36.8 Å². The molecule has 0 aliphatic rings. The van der Waals surface area contributed by atoms with E-state index >= 15 is 0 Å². The van der Waals surface area contributed by atoms with E-state index in [0.29, 0.717) is 16.9 Å². The molecule has 0 spiro atoms. The van der Waals surface area contributed by atoms with Crippen LogP contribution in [0.2, 0.25) is 0 Å². The van der Waals surface area contributed by atoms with E-state index in [-0.39, 0.29) is 11.7 Å². The minimum Gasteiger partial charge on any atom is -0.424 e. The molecule has 3 heterocycles. The second-order valence-electron chi connectivity index (χ2n) is 5.48. The van der Waals surface area contributed by atoms with Crippen LogP contribution in [-0.2, 0) is 6.18 Å². The molecule has 0 atom stereocenters. The lowest BCUT2D eigenvalue weighted by molar-refractivity contribution is -0.140. The maximum Gasteiger partial charge on any atom is 0.434 e. The monoisotopic (exact) mass is 356 g/mol. The predicted molar refractivity (Wildman–Crippen MR) is 87.7 cm³/mol. The number of ether oxygens (including phenoxy) is 1. The van der Waals surface area contributed by atoms with Gasteiger partial charge in [0.15, 0.2) is 5.69 Å². The first kappa shape index (κ1) is 16.1. The zero-order valence-corrected chi connectivity index (χ0v) is 13.2. The molecular weight excluding hydrogens is 345 g/mol. The summed E-state index contributed by atoms with van der Waals surface area (Å²) in [6.45, 7) is 0. The lowest BCUT2D eigenvalue weighted by Gasteiger charge is -2.05. The zero-order valence-electron chi connectivity index (χ0n) is 13.2. The largest absolute Gasteiger partial charge is 0.434 e. The molecule has 8 heteroatoms. The molecule has 26 heavy (non-hydrogen) atoms. The highest BCUT2D eigenvalue weighted by Crippen LogP contribution is 2.29. The Morgan fingerprint density at radius 1 is 0.846 bits per heavy atom. The van der Waals surface area contributed by atoms with Crippen molar-refractivity contribution in [1.29, 1.82) is 0 Å². The number of alkyl halides is 3. The summed E-state index contributed by atoms with van der Waals surface area (Å²) in [5.41, 5.74) is 0.591. The van der Waals surface area contributed by atoms with E-state index in [2.05, 4.69) is 15.0 Å². The van der Waals surface area contributed by atoms with Gasteiger partial charge in [-0.25, -0.2) is 15.0 Å². The first-order valence-corrected chi connectivity index (χ1v) is 7.60. The molecule has 0 unspecified atom stereocenters. The van der Waals surface area contributed by atoms with Gasteiger partial charge in [-0.1, -0.05) is 18.2 Å². The van der Waals surface area contributed by atoms with Gasteiger partial charge in [-0.15, -0.1) is 0 Å². The van der Waals surface area contributed by atoms with Crippen molar-refractivity contribution < 1.29 is 17.9 Å². The first-order valence-electron chi connectivity index (χ1n) is 7.60. The highest BCUT2D eigenvalue weighted by molar-refractivity contribution is 5.63.